The van der Waals surface area contributed by atoms with Crippen molar-refractivity contribution in [3.63, 3.8) is 0 Å². The van der Waals surface area contributed by atoms with Crippen molar-refractivity contribution in [2.75, 3.05) is 6.54 Å². The lowest BCUT2D eigenvalue weighted by atomic mass is 10.1. The van der Waals surface area contributed by atoms with Crippen LogP contribution >= 0.6 is 0 Å². The Kier molecular flexibility index (Phi) is 9.30. The Morgan fingerprint density at radius 2 is 1.81 bits per heavy atom. The molecule has 1 atom stereocenters. The number of amides is 1. The van der Waals surface area contributed by atoms with E-state index in [-0.39, 0.29) is 11.9 Å². The average molecular weight is 228 g/mol. The second-order valence-electron chi connectivity index (χ2n) is 5.11. The molecule has 0 aromatic heterocycles. The number of unbranched alkanes of at least 4 members (excludes halogenated alkanes) is 1. The Labute approximate surface area is 100 Å². The molecule has 3 N–H and O–H groups in total. The van der Waals surface area contributed by atoms with Crippen molar-refractivity contribution < 1.29 is 4.79 Å². The molecule has 0 rings (SSSR count). The molecule has 0 spiro atoms. The molecule has 96 valence electrons. The quantitative estimate of drug-likeness (QED) is 0.596. The Balaban J connectivity index is 3.24. The minimum atomic E-state index is 0.171. The van der Waals surface area contributed by atoms with E-state index in [9.17, 15) is 4.79 Å². The fourth-order valence-corrected chi connectivity index (χ4v) is 1.58. The van der Waals surface area contributed by atoms with Crippen molar-refractivity contribution in [1.82, 2.24) is 5.32 Å². The molecule has 0 aliphatic rings. The maximum Gasteiger partial charge on any atom is 0.219 e. The van der Waals surface area contributed by atoms with Gasteiger partial charge < -0.3 is 11.1 Å². The maximum absolute atomic E-state index is 11.4. The molecule has 3 nitrogen and oxygen atoms in total. The summed E-state index contributed by atoms with van der Waals surface area (Å²) in [6.07, 6.45) is 6.00. The molecule has 1 unspecified atom stereocenters. The SMILES string of the molecule is CC(C)CCCCNC(=O)CCCC(C)N. The summed E-state index contributed by atoms with van der Waals surface area (Å²) < 4.78 is 0. The zero-order chi connectivity index (χ0) is 12.4. The van der Waals surface area contributed by atoms with Gasteiger partial charge >= 0.3 is 0 Å². The molecular formula is C13H28N2O. The predicted molar refractivity (Wildman–Crippen MR) is 69.2 cm³/mol. The summed E-state index contributed by atoms with van der Waals surface area (Å²) in [5.74, 6) is 0.937. The van der Waals surface area contributed by atoms with Gasteiger partial charge in [0.25, 0.3) is 0 Å². The number of hydrogen-bond donors (Lipinski definition) is 2. The second-order valence-corrected chi connectivity index (χ2v) is 5.11. The number of nitrogens with two attached hydrogens (primary N) is 1. The summed E-state index contributed by atoms with van der Waals surface area (Å²) in [5, 5.41) is 2.95. The van der Waals surface area contributed by atoms with Gasteiger partial charge in [0.15, 0.2) is 0 Å². The number of rotatable bonds is 9. The predicted octanol–water partition coefficient (Wildman–Crippen LogP) is 2.45. The van der Waals surface area contributed by atoms with Crippen LogP contribution in [-0.2, 0) is 4.79 Å². The number of carbonyl (C=O) groups excluding carboxylic acids is 1. The highest BCUT2D eigenvalue weighted by molar-refractivity contribution is 5.75. The molecule has 0 aromatic carbocycles. The van der Waals surface area contributed by atoms with Crippen LogP contribution in [0.2, 0.25) is 0 Å². The van der Waals surface area contributed by atoms with Crippen LogP contribution in [0, 0.1) is 5.92 Å². The van der Waals surface area contributed by atoms with Crippen molar-refractivity contribution in [3.8, 4) is 0 Å². The zero-order valence-electron chi connectivity index (χ0n) is 11.1. The summed E-state index contributed by atoms with van der Waals surface area (Å²) in [6.45, 7) is 7.26. The van der Waals surface area contributed by atoms with E-state index in [1.807, 2.05) is 6.92 Å². The van der Waals surface area contributed by atoms with E-state index in [1.165, 1.54) is 12.8 Å². The fourth-order valence-electron chi connectivity index (χ4n) is 1.58. The molecule has 0 aliphatic carbocycles. The summed E-state index contributed by atoms with van der Waals surface area (Å²) >= 11 is 0. The molecule has 3 heteroatoms. The Morgan fingerprint density at radius 3 is 2.38 bits per heavy atom. The third kappa shape index (κ3) is 11.5. The minimum absolute atomic E-state index is 0.171. The normalized spacial score (nSPS) is 12.8. The fraction of sp³-hybridized carbons (Fsp3) is 0.923. The van der Waals surface area contributed by atoms with Gasteiger partial charge in [-0.05, 0) is 32.1 Å². The Morgan fingerprint density at radius 1 is 1.12 bits per heavy atom. The summed E-state index contributed by atoms with van der Waals surface area (Å²) in [7, 11) is 0. The van der Waals surface area contributed by atoms with Gasteiger partial charge in [0.05, 0.1) is 0 Å². The van der Waals surface area contributed by atoms with Gasteiger partial charge in [-0.3, -0.25) is 4.79 Å². The number of nitrogens with one attached hydrogen (secondary N) is 1. The van der Waals surface area contributed by atoms with Crippen molar-refractivity contribution >= 4 is 5.91 Å². The lowest BCUT2D eigenvalue weighted by molar-refractivity contribution is -0.121. The molecular weight excluding hydrogens is 200 g/mol. The first-order chi connectivity index (χ1) is 7.52. The molecule has 0 saturated carbocycles. The van der Waals surface area contributed by atoms with Crippen molar-refractivity contribution in [3.05, 3.63) is 0 Å². The number of carbonyl (C=O) groups is 1. The molecule has 0 bridgehead atoms. The van der Waals surface area contributed by atoms with Gasteiger partial charge in [0, 0.05) is 19.0 Å². The van der Waals surface area contributed by atoms with Crippen LogP contribution in [0.25, 0.3) is 0 Å². The molecule has 1 amide bonds. The van der Waals surface area contributed by atoms with Gasteiger partial charge in [-0.15, -0.1) is 0 Å². The van der Waals surface area contributed by atoms with Gasteiger partial charge in [-0.1, -0.05) is 26.7 Å². The molecule has 0 heterocycles. The maximum atomic E-state index is 11.4. The van der Waals surface area contributed by atoms with Crippen LogP contribution in [0.1, 0.15) is 59.3 Å². The third-order valence-corrected chi connectivity index (χ3v) is 2.59. The van der Waals surface area contributed by atoms with Gasteiger partial charge in [0.2, 0.25) is 5.91 Å². The highest BCUT2D eigenvalue weighted by Crippen LogP contribution is 2.05. The summed E-state index contributed by atoms with van der Waals surface area (Å²) in [4.78, 5) is 11.4. The van der Waals surface area contributed by atoms with Gasteiger partial charge in [0.1, 0.15) is 0 Å². The average Bonchev–Trinajstić information content (AvgIpc) is 2.16. The van der Waals surface area contributed by atoms with Crippen LogP contribution in [0.5, 0.6) is 0 Å². The number of hydrogen-bond acceptors (Lipinski definition) is 2. The zero-order valence-corrected chi connectivity index (χ0v) is 11.1. The van der Waals surface area contributed by atoms with E-state index in [0.717, 1.165) is 31.7 Å². The van der Waals surface area contributed by atoms with E-state index in [0.29, 0.717) is 6.42 Å². The monoisotopic (exact) mass is 228 g/mol. The van der Waals surface area contributed by atoms with Crippen molar-refractivity contribution in [1.29, 1.82) is 0 Å². The topological polar surface area (TPSA) is 55.1 Å². The first-order valence-electron chi connectivity index (χ1n) is 6.54. The summed E-state index contributed by atoms with van der Waals surface area (Å²) in [5.41, 5.74) is 5.61. The third-order valence-electron chi connectivity index (χ3n) is 2.59. The van der Waals surface area contributed by atoms with Crippen LogP contribution in [0.15, 0.2) is 0 Å². The van der Waals surface area contributed by atoms with Gasteiger partial charge in [-0.25, -0.2) is 0 Å². The van der Waals surface area contributed by atoms with Crippen LogP contribution in [0.4, 0.5) is 0 Å². The van der Waals surface area contributed by atoms with Crippen molar-refractivity contribution in [2.24, 2.45) is 11.7 Å². The van der Waals surface area contributed by atoms with Crippen LogP contribution in [-0.4, -0.2) is 18.5 Å². The lowest BCUT2D eigenvalue weighted by Gasteiger charge is -2.07. The van der Waals surface area contributed by atoms with E-state index < -0.39 is 0 Å². The summed E-state index contributed by atoms with van der Waals surface area (Å²) in [6, 6.07) is 0.207. The molecule has 0 radical (unpaired) electrons. The highest BCUT2D eigenvalue weighted by atomic mass is 16.1. The van der Waals surface area contributed by atoms with E-state index >= 15 is 0 Å². The largest absolute Gasteiger partial charge is 0.356 e. The Hall–Kier alpha value is -0.570. The molecule has 0 saturated heterocycles. The molecule has 0 aromatic rings. The highest BCUT2D eigenvalue weighted by Gasteiger charge is 2.02. The molecule has 0 fully saturated rings. The van der Waals surface area contributed by atoms with Crippen molar-refractivity contribution in [2.45, 2.75) is 65.3 Å². The van der Waals surface area contributed by atoms with E-state index in [1.54, 1.807) is 0 Å². The lowest BCUT2D eigenvalue weighted by Crippen LogP contribution is -2.24. The Bertz CT molecular complexity index is 179. The van der Waals surface area contributed by atoms with E-state index in [2.05, 4.69) is 19.2 Å². The van der Waals surface area contributed by atoms with E-state index in [4.69, 9.17) is 5.73 Å². The minimum Gasteiger partial charge on any atom is -0.356 e. The second kappa shape index (κ2) is 9.64. The first kappa shape index (κ1) is 15.4. The van der Waals surface area contributed by atoms with Crippen LogP contribution in [0.3, 0.4) is 0 Å². The molecule has 0 aliphatic heterocycles. The molecule has 16 heavy (non-hydrogen) atoms. The van der Waals surface area contributed by atoms with Gasteiger partial charge in [-0.2, -0.15) is 0 Å². The smallest absolute Gasteiger partial charge is 0.219 e. The van der Waals surface area contributed by atoms with Crippen LogP contribution < -0.4 is 11.1 Å². The first-order valence-corrected chi connectivity index (χ1v) is 6.54. The standard InChI is InChI=1S/C13H28N2O/c1-11(2)7-4-5-10-15-13(16)9-6-8-12(3)14/h11-12H,4-10,14H2,1-3H3,(H,15,16).